The quantitative estimate of drug-likeness (QED) is 0.755. The molecule has 3 amide bonds. The molecular formula is C19H24N4O4. The topological polar surface area (TPSA) is 102 Å². The van der Waals surface area contributed by atoms with Gasteiger partial charge in [0.1, 0.15) is 5.56 Å². The van der Waals surface area contributed by atoms with Gasteiger partial charge in [0.2, 0.25) is 0 Å². The molecule has 2 rings (SSSR count). The van der Waals surface area contributed by atoms with Crippen LogP contribution in [-0.4, -0.2) is 40.3 Å². The average Bonchev–Trinajstić information content (AvgIpc) is 2.86. The minimum absolute atomic E-state index is 0.110. The fraction of sp³-hybridized carbons (Fsp3) is 0.368. The Morgan fingerprint density at radius 2 is 1.81 bits per heavy atom. The number of benzene rings is 1. The van der Waals surface area contributed by atoms with E-state index in [9.17, 15) is 14.4 Å². The number of imide groups is 1. The first-order chi connectivity index (χ1) is 12.8. The van der Waals surface area contributed by atoms with Gasteiger partial charge in [0, 0.05) is 6.04 Å². The highest BCUT2D eigenvalue weighted by atomic mass is 16.5. The van der Waals surface area contributed by atoms with Gasteiger partial charge in [-0.15, -0.1) is 0 Å². The molecule has 8 heteroatoms. The van der Waals surface area contributed by atoms with Crippen LogP contribution in [0.4, 0.5) is 4.79 Å². The molecule has 27 heavy (non-hydrogen) atoms. The maximum atomic E-state index is 12.4. The van der Waals surface area contributed by atoms with Crippen LogP contribution in [-0.2, 0) is 16.1 Å². The second-order valence-electron chi connectivity index (χ2n) is 6.44. The standard InChI is InChI=1S/C19H24N4O4/c1-12(2)20-19(26)21-16(24)11-27-18(25)17-13(3)22-23(14(17)4)10-15-8-6-5-7-9-15/h5-9,12H,10-11H2,1-4H3,(H2,20,21,24,26). The van der Waals surface area contributed by atoms with Crippen LogP contribution in [0.2, 0.25) is 0 Å². The Morgan fingerprint density at radius 1 is 1.15 bits per heavy atom. The van der Waals surface area contributed by atoms with E-state index in [2.05, 4.69) is 15.7 Å². The molecule has 144 valence electrons. The minimum Gasteiger partial charge on any atom is -0.452 e. The van der Waals surface area contributed by atoms with E-state index < -0.39 is 24.5 Å². The van der Waals surface area contributed by atoms with Crippen molar-refractivity contribution < 1.29 is 19.1 Å². The smallest absolute Gasteiger partial charge is 0.342 e. The number of urea groups is 1. The van der Waals surface area contributed by atoms with Gasteiger partial charge in [-0.05, 0) is 33.3 Å². The summed E-state index contributed by atoms with van der Waals surface area (Å²) >= 11 is 0. The van der Waals surface area contributed by atoms with Crippen molar-refractivity contribution in [2.24, 2.45) is 0 Å². The first-order valence-corrected chi connectivity index (χ1v) is 8.63. The van der Waals surface area contributed by atoms with Crippen molar-refractivity contribution in [3.05, 3.63) is 52.8 Å². The van der Waals surface area contributed by atoms with E-state index in [1.165, 1.54) is 0 Å². The van der Waals surface area contributed by atoms with Crippen LogP contribution >= 0.6 is 0 Å². The molecule has 2 N–H and O–H groups in total. The molecule has 1 aromatic heterocycles. The second-order valence-corrected chi connectivity index (χ2v) is 6.44. The summed E-state index contributed by atoms with van der Waals surface area (Å²) in [6, 6.07) is 9.01. The van der Waals surface area contributed by atoms with Crippen LogP contribution in [0.1, 0.15) is 41.2 Å². The largest absolute Gasteiger partial charge is 0.452 e. The van der Waals surface area contributed by atoms with E-state index >= 15 is 0 Å². The second kappa shape index (κ2) is 8.98. The number of esters is 1. The highest BCUT2D eigenvalue weighted by Crippen LogP contribution is 2.16. The van der Waals surface area contributed by atoms with Crippen LogP contribution in [0.5, 0.6) is 0 Å². The zero-order valence-electron chi connectivity index (χ0n) is 15.9. The Labute approximate surface area is 157 Å². The van der Waals surface area contributed by atoms with Gasteiger partial charge in [-0.2, -0.15) is 5.10 Å². The molecule has 0 atom stereocenters. The third-order valence-corrected chi connectivity index (χ3v) is 3.77. The molecule has 0 saturated carbocycles. The molecule has 0 aliphatic rings. The van der Waals surface area contributed by atoms with E-state index in [-0.39, 0.29) is 6.04 Å². The molecule has 0 bridgehead atoms. The number of hydrogen-bond donors (Lipinski definition) is 2. The molecule has 0 radical (unpaired) electrons. The van der Waals surface area contributed by atoms with Crippen molar-refractivity contribution >= 4 is 17.9 Å². The summed E-state index contributed by atoms with van der Waals surface area (Å²) in [6.07, 6.45) is 0. The lowest BCUT2D eigenvalue weighted by Gasteiger charge is -2.09. The van der Waals surface area contributed by atoms with E-state index in [1.54, 1.807) is 32.4 Å². The lowest BCUT2D eigenvalue weighted by atomic mass is 10.2. The van der Waals surface area contributed by atoms with Gasteiger partial charge >= 0.3 is 12.0 Å². The normalized spacial score (nSPS) is 10.6. The number of carbonyl (C=O) groups excluding carboxylic acids is 3. The SMILES string of the molecule is Cc1nn(Cc2ccccc2)c(C)c1C(=O)OCC(=O)NC(=O)NC(C)C. The van der Waals surface area contributed by atoms with Crippen LogP contribution in [0, 0.1) is 13.8 Å². The summed E-state index contributed by atoms with van der Waals surface area (Å²) in [7, 11) is 0. The molecule has 0 unspecified atom stereocenters. The van der Waals surface area contributed by atoms with Crippen molar-refractivity contribution in [1.29, 1.82) is 0 Å². The molecule has 0 aliphatic heterocycles. The molecule has 0 spiro atoms. The lowest BCUT2D eigenvalue weighted by molar-refractivity contribution is -0.123. The van der Waals surface area contributed by atoms with Gasteiger partial charge in [0.15, 0.2) is 6.61 Å². The predicted molar refractivity (Wildman–Crippen MR) is 99.3 cm³/mol. The van der Waals surface area contributed by atoms with Crippen molar-refractivity contribution in [3.63, 3.8) is 0 Å². The highest BCUT2D eigenvalue weighted by Gasteiger charge is 2.21. The Hall–Kier alpha value is -3.16. The Bertz CT molecular complexity index is 828. The van der Waals surface area contributed by atoms with Crippen LogP contribution in [0.15, 0.2) is 30.3 Å². The van der Waals surface area contributed by atoms with E-state index in [1.807, 2.05) is 30.3 Å². The van der Waals surface area contributed by atoms with Crippen molar-refractivity contribution in [2.75, 3.05) is 6.61 Å². The van der Waals surface area contributed by atoms with Gasteiger partial charge in [0.05, 0.1) is 17.9 Å². The molecule has 1 aromatic carbocycles. The van der Waals surface area contributed by atoms with Gasteiger partial charge in [-0.3, -0.25) is 14.8 Å². The highest BCUT2D eigenvalue weighted by molar-refractivity contribution is 5.97. The van der Waals surface area contributed by atoms with Gasteiger partial charge < -0.3 is 10.1 Å². The molecule has 1 heterocycles. The lowest BCUT2D eigenvalue weighted by Crippen LogP contribution is -2.44. The average molecular weight is 372 g/mol. The van der Waals surface area contributed by atoms with Gasteiger partial charge in [-0.1, -0.05) is 30.3 Å². The van der Waals surface area contributed by atoms with E-state index in [0.717, 1.165) is 5.56 Å². The van der Waals surface area contributed by atoms with Crippen LogP contribution in [0.3, 0.4) is 0 Å². The Morgan fingerprint density at radius 3 is 2.44 bits per heavy atom. The summed E-state index contributed by atoms with van der Waals surface area (Å²) in [5.74, 6) is -1.35. The molecule has 8 nitrogen and oxygen atoms in total. The zero-order valence-corrected chi connectivity index (χ0v) is 15.9. The van der Waals surface area contributed by atoms with E-state index in [4.69, 9.17) is 4.74 Å². The summed E-state index contributed by atoms with van der Waals surface area (Å²) in [6.45, 7) is 6.99. The summed E-state index contributed by atoms with van der Waals surface area (Å²) in [5.41, 5.74) is 2.55. The van der Waals surface area contributed by atoms with Crippen LogP contribution < -0.4 is 10.6 Å². The number of carbonyl (C=O) groups is 3. The number of nitrogens with one attached hydrogen (secondary N) is 2. The van der Waals surface area contributed by atoms with Gasteiger partial charge in [0.25, 0.3) is 5.91 Å². The number of hydrogen-bond acceptors (Lipinski definition) is 5. The predicted octanol–water partition coefficient (Wildman–Crippen LogP) is 1.94. The molecule has 0 fully saturated rings. The zero-order chi connectivity index (χ0) is 20.0. The number of nitrogens with zero attached hydrogens (tertiary/aromatic N) is 2. The maximum Gasteiger partial charge on any atom is 0.342 e. The third kappa shape index (κ3) is 5.67. The number of aryl methyl sites for hydroxylation is 1. The minimum atomic E-state index is -0.700. The summed E-state index contributed by atoms with van der Waals surface area (Å²) < 4.78 is 6.76. The first kappa shape index (κ1) is 20.2. The monoisotopic (exact) mass is 372 g/mol. The van der Waals surface area contributed by atoms with Gasteiger partial charge in [-0.25, -0.2) is 9.59 Å². The molecule has 0 saturated heterocycles. The van der Waals surface area contributed by atoms with Crippen molar-refractivity contribution in [2.45, 2.75) is 40.3 Å². The maximum absolute atomic E-state index is 12.4. The van der Waals surface area contributed by atoms with Crippen LogP contribution in [0.25, 0.3) is 0 Å². The number of rotatable bonds is 6. The number of amides is 3. The fourth-order valence-electron chi connectivity index (χ4n) is 2.57. The fourth-order valence-corrected chi connectivity index (χ4v) is 2.57. The number of ether oxygens (including phenoxy) is 1. The third-order valence-electron chi connectivity index (χ3n) is 3.77. The van der Waals surface area contributed by atoms with E-state index in [0.29, 0.717) is 23.5 Å². The summed E-state index contributed by atoms with van der Waals surface area (Å²) in [5, 5.41) is 9.00. The van der Waals surface area contributed by atoms with Crippen molar-refractivity contribution in [1.82, 2.24) is 20.4 Å². The molecule has 0 aliphatic carbocycles. The Kier molecular flexibility index (Phi) is 6.70. The number of aromatic nitrogens is 2. The molecule has 2 aromatic rings. The van der Waals surface area contributed by atoms with Crippen molar-refractivity contribution in [3.8, 4) is 0 Å². The first-order valence-electron chi connectivity index (χ1n) is 8.63. The summed E-state index contributed by atoms with van der Waals surface area (Å²) in [4.78, 5) is 35.5. The molecular weight excluding hydrogens is 348 g/mol. The Balaban J connectivity index is 1.98.